The number of likely N-dealkylation sites (tertiary alicyclic amines) is 1. The molecule has 2 saturated heterocycles. The maximum absolute atomic E-state index is 12.2. The van der Waals surface area contributed by atoms with Crippen molar-refractivity contribution in [3.8, 4) is 0 Å². The summed E-state index contributed by atoms with van der Waals surface area (Å²) in [5.41, 5.74) is 2.66. The van der Waals surface area contributed by atoms with Crippen LogP contribution in [0.5, 0.6) is 0 Å². The highest BCUT2D eigenvalue weighted by molar-refractivity contribution is 14.0. The number of benzene rings is 1. The maximum atomic E-state index is 12.2. The van der Waals surface area contributed by atoms with E-state index in [1.165, 1.54) is 11.3 Å². The Balaban J connectivity index is 0.00000341. The number of amides is 1. The second kappa shape index (κ2) is 13.8. The summed E-state index contributed by atoms with van der Waals surface area (Å²) in [5, 5.41) is 6.62. The van der Waals surface area contributed by atoms with Crippen molar-refractivity contribution in [3.05, 3.63) is 29.8 Å². The lowest BCUT2D eigenvalue weighted by atomic mass is 10.2. The van der Waals surface area contributed by atoms with Gasteiger partial charge in [0.2, 0.25) is 5.91 Å². The number of nitrogens with one attached hydrogen (secondary N) is 2. The second-order valence-electron chi connectivity index (χ2n) is 8.23. The van der Waals surface area contributed by atoms with Crippen LogP contribution in [0.25, 0.3) is 0 Å². The first kappa shape index (κ1) is 25.7. The summed E-state index contributed by atoms with van der Waals surface area (Å²) in [5.74, 6) is 0.880. The van der Waals surface area contributed by atoms with E-state index in [0.29, 0.717) is 0 Å². The van der Waals surface area contributed by atoms with E-state index in [9.17, 15) is 4.79 Å². The Morgan fingerprint density at radius 1 is 1.06 bits per heavy atom. The fraction of sp³-hybridized carbons (Fsp3) is 0.652. The predicted octanol–water partition coefficient (Wildman–Crippen LogP) is 2.30. The molecule has 1 aromatic rings. The minimum atomic E-state index is 0. The van der Waals surface area contributed by atoms with Gasteiger partial charge in [0, 0.05) is 58.0 Å². The molecule has 0 bridgehead atoms. The summed E-state index contributed by atoms with van der Waals surface area (Å²) in [4.78, 5) is 23.6. The smallest absolute Gasteiger partial charge is 0.244 e. The van der Waals surface area contributed by atoms with Crippen molar-refractivity contribution in [2.24, 2.45) is 4.99 Å². The van der Waals surface area contributed by atoms with E-state index >= 15 is 0 Å². The molecule has 0 atom stereocenters. The van der Waals surface area contributed by atoms with E-state index in [-0.39, 0.29) is 36.4 Å². The number of aryl methyl sites for hydroxylation is 1. The van der Waals surface area contributed by atoms with Crippen LogP contribution in [-0.2, 0) is 4.79 Å². The Bertz CT molecular complexity index is 699. The molecule has 2 heterocycles. The molecule has 2 aliphatic heterocycles. The summed E-state index contributed by atoms with van der Waals surface area (Å²) in [6.07, 6.45) is 3.30. The summed E-state index contributed by atoms with van der Waals surface area (Å²) in [7, 11) is 0. The number of carbonyl (C=O) groups excluding carboxylic acids is 1. The van der Waals surface area contributed by atoms with Crippen LogP contribution in [0.4, 0.5) is 5.69 Å². The van der Waals surface area contributed by atoms with E-state index in [0.717, 1.165) is 84.1 Å². The Morgan fingerprint density at radius 2 is 1.81 bits per heavy atom. The van der Waals surface area contributed by atoms with Gasteiger partial charge in [-0.2, -0.15) is 0 Å². The van der Waals surface area contributed by atoms with Gasteiger partial charge in [-0.25, -0.2) is 4.99 Å². The van der Waals surface area contributed by atoms with Gasteiger partial charge in [0.1, 0.15) is 6.54 Å². The van der Waals surface area contributed by atoms with Gasteiger partial charge < -0.3 is 20.4 Å². The fourth-order valence-corrected chi connectivity index (χ4v) is 4.12. The average Bonchev–Trinajstić information content (AvgIpc) is 3.30. The third-order valence-electron chi connectivity index (χ3n) is 5.86. The molecule has 2 fully saturated rings. The zero-order valence-electron chi connectivity index (χ0n) is 19.1. The molecule has 7 nitrogen and oxygen atoms in total. The molecule has 1 amide bonds. The number of aliphatic imine (C=N–C) groups is 1. The lowest BCUT2D eigenvalue weighted by Gasteiger charge is -2.36. The van der Waals surface area contributed by atoms with Gasteiger partial charge in [-0.05, 0) is 57.4 Å². The second-order valence-corrected chi connectivity index (χ2v) is 8.23. The van der Waals surface area contributed by atoms with Crippen LogP contribution in [0.1, 0.15) is 31.7 Å². The average molecular weight is 543 g/mol. The zero-order valence-corrected chi connectivity index (χ0v) is 21.4. The first-order valence-electron chi connectivity index (χ1n) is 11.5. The zero-order chi connectivity index (χ0) is 21.2. The van der Waals surface area contributed by atoms with Crippen LogP contribution < -0.4 is 15.5 Å². The van der Waals surface area contributed by atoms with Crippen molar-refractivity contribution in [1.82, 2.24) is 20.4 Å². The first-order valence-corrected chi connectivity index (χ1v) is 11.5. The van der Waals surface area contributed by atoms with E-state index in [1.807, 2.05) is 11.8 Å². The minimum absolute atomic E-state index is 0. The first-order chi connectivity index (χ1) is 14.7. The van der Waals surface area contributed by atoms with E-state index < -0.39 is 0 Å². The lowest BCUT2D eigenvalue weighted by Crippen LogP contribution is -2.47. The molecular formula is C23H39IN6O. The van der Waals surface area contributed by atoms with Crippen molar-refractivity contribution < 1.29 is 4.79 Å². The van der Waals surface area contributed by atoms with Gasteiger partial charge in [-0.15, -0.1) is 24.0 Å². The third kappa shape index (κ3) is 8.48. The van der Waals surface area contributed by atoms with Gasteiger partial charge in [-0.1, -0.05) is 12.1 Å². The summed E-state index contributed by atoms with van der Waals surface area (Å²) in [6.45, 7) is 13.3. The molecule has 1 aromatic carbocycles. The van der Waals surface area contributed by atoms with Crippen LogP contribution in [-0.4, -0.2) is 87.1 Å². The molecule has 0 spiro atoms. The molecule has 2 N–H and O–H groups in total. The van der Waals surface area contributed by atoms with Crippen LogP contribution >= 0.6 is 24.0 Å². The number of carbonyl (C=O) groups is 1. The number of anilines is 1. The van der Waals surface area contributed by atoms with Gasteiger partial charge in [-0.3, -0.25) is 9.69 Å². The predicted molar refractivity (Wildman–Crippen MR) is 140 cm³/mol. The molecule has 3 rings (SSSR count). The third-order valence-corrected chi connectivity index (χ3v) is 5.86. The lowest BCUT2D eigenvalue weighted by molar-refractivity contribution is -0.128. The quantitative estimate of drug-likeness (QED) is 0.229. The molecular weight excluding hydrogens is 503 g/mol. The Morgan fingerprint density at radius 3 is 2.48 bits per heavy atom. The number of piperazine rings is 1. The number of hydrogen-bond donors (Lipinski definition) is 2. The molecule has 0 aliphatic carbocycles. The van der Waals surface area contributed by atoms with Crippen LogP contribution in [0.3, 0.4) is 0 Å². The van der Waals surface area contributed by atoms with E-state index in [4.69, 9.17) is 0 Å². The SMILES string of the molecule is CCNC(=NCC(=O)N1CCCC1)NCCCN1CCN(c2cccc(C)c2)CC1.I. The number of halogens is 1. The number of hydrogen-bond acceptors (Lipinski definition) is 4. The molecule has 0 aromatic heterocycles. The van der Waals surface area contributed by atoms with Crippen molar-refractivity contribution in [1.29, 1.82) is 0 Å². The summed E-state index contributed by atoms with van der Waals surface area (Å²) >= 11 is 0. The van der Waals surface area contributed by atoms with Crippen molar-refractivity contribution >= 4 is 41.5 Å². The van der Waals surface area contributed by atoms with Gasteiger partial charge in [0.05, 0.1) is 0 Å². The van der Waals surface area contributed by atoms with Gasteiger partial charge in [0.15, 0.2) is 5.96 Å². The van der Waals surface area contributed by atoms with Crippen molar-refractivity contribution in [3.63, 3.8) is 0 Å². The molecule has 174 valence electrons. The normalized spacial score (nSPS) is 17.4. The molecule has 0 radical (unpaired) electrons. The molecule has 0 saturated carbocycles. The Hall–Kier alpha value is -1.55. The van der Waals surface area contributed by atoms with Crippen molar-refractivity contribution in [2.45, 2.75) is 33.1 Å². The molecule has 31 heavy (non-hydrogen) atoms. The standard InChI is InChI=1S/C23H38N6O.HI/c1-3-24-23(26-19-22(30)29-12-4-5-13-29)25-10-7-11-27-14-16-28(17-15-27)21-9-6-8-20(2)18-21;/h6,8-9,18H,3-5,7,10-17,19H2,1-2H3,(H2,24,25,26);1H. The monoisotopic (exact) mass is 542 g/mol. The highest BCUT2D eigenvalue weighted by atomic mass is 127. The largest absolute Gasteiger partial charge is 0.369 e. The Kier molecular flexibility index (Phi) is 11.4. The molecule has 0 unspecified atom stereocenters. The van der Waals surface area contributed by atoms with E-state index in [2.05, 4.69) is 56.6 Å². The maximum Gasteiger partial charge on any atom is 0.244 e. The highest BCUT2D eigenvalue weighted by Crippen LogP contribution is 2.17. The number of rotatable bonds is 8. The van der Waals surface area contributed by atoms with Gasteiger partial charge >= 0.3 is 0 Å². The highest BCUT2D eigenvalue weighted by Gasteiger charge is 2.18. The van der Waals surface area contributed by atoms with Crippen LogP contribution in [0, 0.1) is 6.92 Å². The van der Waals surface area contributed by atoms with Crippen LogP contribution in [0.15, 0.2) is 29.3 Å². The topological polar surface area (TPSA) is 63.2 Å². The minimum Gasteiger partial charge on any atom is -0.369 e. The number of guanidine groups is 1. The Labute approximate surface area is 204 Å². The van der Waals surface area contributed by atoms with Crippen molar-refractivity contribution in [2.75, 3.05) is 70.3 Å². The number of nitrogens with zero attached hydrogens (tertiary/aromatic N) is 4. The van der Waals surface area contributed by atoms with Gasteiger partial charge in [0.25, 0.3) is 0 Å². The summed E-state index contributed by atoms with van der Waals surface area (Å²) in [6, 6.07) is 8.78. The molecule has 8 heteroatoms. The fourth-order valence-electron chi connectivity index (χ4n) is 4.12. The molecule has 2 aliphatic rings. The summed E-state index contributed by atoms with van der Waals surface area (Å²) < 4.78 is 0. The van der Waals surface area contributed by atoms with E-state index in [1.54, 1.807) is 0 Å². The van der Waals surface area contributed by atoms with Crippen LogP contribution in [0.2, 0.25) is 0 Å².